The second-order valence-corrected chi connectivity index (χ2v) is 8.08. The molecule has 0 saturated carbocycles. The Kier molecular flexibility index (Phi) is 8.23. The Morgan fingerprint density at radius 1 is 1.31 bits per heavy atom. The second-order valence-electron chi connectivity index (χ2n) is 8.08. The lowest BCUT2D eigenvalue weighted by molar-refractivity contribution is 0.318. The van der Waals surface area contributed by atoms with Crippen molar-refractivity contribution >= 4 is 35.6 Å². The number of anilines is 1. The minimum Gasteiger partial charge on any atom is -0.371 e. The number of hydrogen-bond donors (Lipinski definition) is 2. The van der Waals surface area contributed by atoms with Crippen LogP contribution in [0.2, 0.25) is 0 Å². The standard InChI is InChI=1S/C20H29FN6O.HI/c1-20(2,3)18-25-17(26-28-18)13-23-19(22-4)24-15-8-10-27(11-9-15)16-7-5-6-14(21)12-16;/h5-7,12,15H,8-11,13H2,1-4H3,(H2,22,23,24);1H. The van der Waals surface area contributed by atoms with Crippen LogP contribution in [0.25, 0.3) is 0 Å². The summed E-state index contributed by atoms with van der Waals surface area (Å²) >= 11 is 0. The minimum atomic E-state index is -0.196. The van der Waals surface area contributed by atoms with Gasteiger partial charge in [0.15, 0.2) is 11.8 Å². The van der Waals surface area contributed by atoms with Gasteiger partial charge in [0, 0.05) is 37.3 Å². The third-order valence-electron chi connectivity index (χ3n) is 4.76. The number of nitrogens with one attached hydrogen (secondary N) is 2. The van der Waals surface area contributed by atoms with E-state index in [0.29, 0.717) is 30.3 Å². The average molecular weight is 516 g/mol. The molecule has 1 fully saturated rings. The highest BCUT2D eigenvalue weighted by molar-refractivity contribution is 14.0. The molecule has 9 heteroatoms. The van der Waals surface area contributed by atoms with E-state index < -0.39 is 0 Å². The maximum Gasteiger partial charge on any atom is 0.232 e. The van der Waals surface area contributed by atoms with Crippen LogP contribution in [0.3, 0.4) is 0 Å². The molecule has 0 spiro atoms. The number of halogens is 2. The number of hydrogen-bond acceptors (Lipinski definition) is 5. The van der Waals surface area contributed by atoms with E-state index in [-0.39, 0.29) is 35.2 Å². The molecular formula is C20H30FIN6O. The summed E-state index contributed by atoms with van der Waals surface area (Å²) in [6.07, 6.45) is 1.90. The van der Waals surface area contributed by atoms with Crippen molar-refractivity contribution in [1.29, 1.82) is 0 Å². The van der Waals surface area contributed by atoms with E-state index in [2.05, 4.69) is 30.7 Å². The fraction of sp³-hybridized carbons (Fsp3) is 0.550. The van der Waals surface area contributed by atoms with Crippen LogP contribution in [-0.2, 0) is 12.0 Å². The molecule has 0 bridgehead atoms. The van der Waals surface area contributed by atoms with Crippen LogP contribution in [0.4, 0.5) is 10.1 Å². The van der Waals surface area contributed by atoms with Gasteiger partial charge >= 0.3 is 0 Å². The Hall–Kier alpha value is -1.91. The van der Waals surface area contributed by atoms with Crippen molar-refractivity contribution in [3.8, 4) is 0 Å². The third kappa shape index (κ3) is 6.55. The van der Waals surface area contributed by atoms with Gasteiger partial charge in [-0.15, -0.1) is 24.0 Å². The average Bonchev–Trinajstić information content (AvgIpc) is 3.15. The fourth-order valence-electron chi connectivity index (χ4n) is 3.14. The van der Waals surface area contributed by atoms with Crippen LogP contribution < -0.4 is 15.5 Å². The normalized spacial score (nSPS) is 15.8. The first-order chi connectivity index (χ1) is 13.3. The van der Waals surface area contributed by atoms with Gasteiger partial charge in [0.05, 0.1) is 6.54 Å². The molecule has 1 saturated heterocycles. The lowest BCUT2D eigenvalue weighted by Gasteiger charge is -2.34. The van der Waals surface area contributed by atoms with Gasteiger partial charge in [-0.2, -0.15) is 4.98 Å². The Bertz CT molecular complexity index is 811. The van der Waals surface area contributed by atoms with E-state index in [9.17, 15) is 4.39 Å². The van der Waals surface area contributed by atoms with Gasteiger partial charge in [-0.1, -0.05) is 32.0 Å². The van der Waals surface area contributed by atoms with Gasteiger partial charge in [0.25, 0.3) is 0 Å². The summed E-state index contributed by atoms with van der Waals surface area (Å²) in [5, 5.41) is 10.7. The second kappa shape index (κ2) is 10.2. The van der Waals surface area contributed by atoms with Crippen LogP contribution in [0.15, 0.2) is 33.8 Å². The molecule has 1 aliphatic heterocycles. The van der Waals surface area contributed by atoms with Crippen molar-refractivity contribution in [2.45, 2.75) is 51.6 Å². The molecule has 29 heavy (non-hydrogen) atoms. The molecule has 2 heterocycles. The molecule has 7 nitrogen and oxygen atoms in total. The van der Waals surface area contributed by atoms with E-state index in [1.165, 1.54) is 6.07 Å². The Morgan fingerprint density at radius 3 is 2.62 bits per heavy atom. The van der Waals surface area contributed by atoms with Gasteiger partial charge in [0.1, 0.15) is 5.82 Å². The van der Waals surface area contributed by atoms with Crippen molar-refractivity contribution in [2.75, 3.05) is 25.0 Å². The van der Waals surface area contributed by atoms with Crippen LogP contribution in [-0.4, -0.2) is 42.3 Å². The summed E-state index contributed by atoms with van der Waals surface area (Å²) in [4.78, 5) is 10.9. The molecular weight excluding hydrogens is 486 g/mol. The predicted octanol–water partition coefficient (Wildman–Crippen LogP) is 3.46. The molecule has 1 aromatic heterocycles. The molecule has 3 rings (SSSR count). The highest BCUT2D eigenvalue weighted by atomic mass is 127. The molecule has 0 unspecified atom stereocenters. The van der Waals surface area contributed by atoms with Crippen molar-refractivity contribution in [1.82, 2.24) is 20.8 Å². The number of aromatic nitrogens is 2. The number of rotatable bonds is 4. The summed E-state index contributed by atoms with van der Waals surface area (Å²) in [6.45, 7) is 8.30. The van der Waals surface area contributed by atoms with Crippen LogP contribution >= 0.6 is 24.0 Å². The third-order valence-corrected chi connectivity index (χ3v) is 4.76. The zero-order valence-corrected chi connectivity index (χ0v) is 19.7. The van der Waals surface area contributed by atoms with Crippen molar-refractivity contribution in [3.63, 3.8) is 0 Å². The number of guanidine groups is 1. The molecule has 2 aromatic rings. The Balaban J connectivity index is 0.00000300. The van der Waals surface area contributed by atoms with Crippen molar-refractivity contribution in [2.24, 2.45) is 4.99 Å². The zero-order valence-electron chi connectivity index (χ0n) is 17.4. The fourth-order valence-corrected chi connectivity index (χ4v) is 3.14. The largest absolute Gasteiger partial charge is 0.371 e. The maximum absolute atomic E-state index is 13.4. The van der Waals surface area contributed by atoms with Gasteiger partial charge in [-0.25, -0.2) is 4.39 Å². The smallest absolute Gasteiger partial charge is 0.232 e. The lowest BCUT2D eigenvalue weighted by Crippen LogP contribution is -2.48. The monoisotopic (exact) mass is 516 g/mol. The van der Waals surface area contributed by atoms with Gasteiger partial charge in [0.2, 0.25) is 5.89 Å². The molecule has 160 valence electrons. The maximum atomic E-state index is 13.4. The molecule has 1 aromatic carbocycles. The summed E-state index contributed by atoms with van der Waals surface area (Å²) in [5.41, 5.74) is 0.772. The van der Waals surface area contributed by atoms with Crippen LogP contribution in [0.5, 0.6) is 0 Å². The molecule has 0 amide bonds. The summed E-state index contributed by atoms with van der Waals surface area (Å²) in [6, 6.07) is 7.08. The van der Waals surface area contributed by atoms with E-state index in [1.54, 1.807) is 19.2 Å². The van der Waals surface area contributed by atoms with Gasteiger partial charge in [-0.05, 0) is 31.0 Å². The van der Waals surface area contributed by atoms with Crippen LogP contribution in [0, 0.1) is 5.82 Å². The molecule has 0 radical (unpaired) electrons. The Labute approximate surface area is 188 Å². The molecule has 1 aliphatic rings. The zero-order chi connectivity index (χ0) is 20.1. The molecule has 0 atom stereocenters. The highest BCUT2D eigenvalue weighted by Crippen LogP contribution is 2.21. The first-order valence-corrected chi connectivity index (χ1v) is 9.66. The first-order valence-electron chi connectivity index (χ1n) is 9.66. The summed E-state index contributed by atoms with van der Waals surface area (Å²) < 4.78 is 18.7. The number of piperidine rings is 1. The lowest BCUT2D eigenvalue weighted by atomic mass is 9.97. The van der Waals surface area contributed by atoms with Gasteiger partial charge < -0.3 is 20.1 Å². The number of aliphatic imine (C=N–C) groups is 1. The predicted molar refractivity (Wildman–Crippen MR) is 123 cm³/mol. The highest BCUT2D eigenvalue weighted by Gasteiger charge is 2.23. The molecule has 2 N–H and O–H groups in total. The minimum absolute atomic E-state index is 0. The van der Waals surface area contributed by atoms with E-state index in [4.69, 9.17) is 4.52 Å². The number of nitrogens with zero attached hydrogens (tertiary/aromatic N) is 4. The first kappa shape index (κ1) is 23.4. The quantitative estimate of drug-likeness (QED) is 0.368. The molecule has 0 aliphatic carbocycles. The topological polar surface area (TPSA) is 78.6 Å². The number of benzene rings is 1. The van der Waals surface area contributed by atoms with E-state index in [1.807, 2.05) is 26.8 Å². The van der Waals surface area contributed by atoms with Gasteiger partial charge in [-0.3, -0.25) is 4.99 Å². The van der Waals surface area contributed by atoms with Crippen LogP contribution in [0.1, 0.15) is 45.3 Å². The van der Waals surface area contributed by atoms with E-state index in [0.717, 1.165) is 31.6 Å². The Morgan fingerprint density at radius 2 is 2.03 bits per heavy atom. The SMILES string of the molecule is CN=C(NCc1noc(C(C)(C)C)n1)NC1CCN(c2cccc(F)c2)CC1.I. The van der Waals surface area contributed by atoms with E-state index >= 15 is 0 Å². The van der Waals surface area contributed by atoms with Crippen molar-refractivity contribution in [3.05, 3.63) is 41.8 Å². The van der Waals surface area contributed by atoms with Crippen molar-refractivity contribution < 1.29 is 8.91 Å². The summed E-state index contributed by atoms with van der Waals surface area (Å²) in [5.74, 6) is 1.75. The summed E-state index contributed by atoms with van der Waals surface area (Å²) in [7, 11) is 1.74.